The molecular weight excluding hydrogens is 544 g/mol. The van der Waals surface area contributed by atoms with E-state index in [-0.39, 0.29) is 17.7 Å². The van der Waals surface area contributed by atoms with Gasteiger partial charge in [0.25, 0.3) is 5.91 Å². The third-order valence-electron chi connectivity index (χ3n) is 7.55. The number of benzene rings is 1. The standard InChI is InChI=1S/C30H35BrN4O3/c1-30(2,3)22-14-21(15-23(31)16-22)25(17-27(36)37)35-12-11-34-18-19(13-26(34)29(35)38)6-8-24-9-7-20-5-4-10-32-28(20)33-24/h7,9,13-16,18,25H,4-6,8,10-12,17H2,1-3H3,(H,32,33)(H,36,37)/t25-/m0/s1. The van der Waals surface area contributed by atoms with Crippen LogP contribution in [-0.4, -0.2) is 44.5 Å². The summed E-state index contributed by atoms with van der Waals surface area (Å²) < 4.78 is 2.89. The molecule has 3 aromatic rings. The fraction of sp³-hybridized carbons (Fsp3) is 0.433. The van der Waals surface area contributed by atoms with Gasteiger partial charge in [0, 0.05) is 36.0 Å². The van der Waals surface area contributed by atoms with E-state index in [4.69, 9.17) is 4.98 Å². The highest BCUT2D eigenvalue weighted by Gasteiger charge is 2.33. The second kappa shape index (κ2) is 10.6. The second-order valence-electron chi connectivity index (χ2n) is 11.4. The van der Waals surface area contributed by atoms with Gasteiger partial charge in [-0.05, 0) is 77.6 Å². The number of anilines is 1. The molecule has 1 amide bonds. The number of rotatable bonds is 7. The third-order valence-corrected chi connectivity index (χ3v) is 8.01. The number of amides is 1. The molecule has 0 bridgehead atoms. The van der Waals surface area contributed by atoms with Crippen molar-refractivity contribution < 1.29 is 14.7 Å². The molecule has 0 unspecified atom stereocenters. The molecule has 0 aliphatic carbocycles. The Bertz CT molecular complexity index is 1370. The van der Waals surface area contributed by atoms with Crippen LogP contribution in [0.15, 0.2) is 47.1 Å². The Morgan fingerprint density at radius 1 is 1.16 bits per heavy atom. The lowest BCUT2D eigenvalue weighted by Crippen LogP contribution is -2.43. The van der Waals surface area contributed by atoms with E-state index in [1.807, 2.05) is 22.8 Å². The molecule has 2 aliphatic heterocycles. The van der Waals surface area contributed by atoms with Crippen LogP contribution in [0.1, 0.15) is 78.1 Å². The molecule has 0 fully saturated rings. The van der Waals surface area contributed by atoms with Crippen molar-refractivity contribution in [2.75, 3.05) is 18.4 Å². The molecule has 200 valence electrons. The van der Waals surface area contributed by atoms with E-state index >= 15 is 0 Å². The minimum atomic E-state index is -0.922. The number of fused-ring (bicyclic) bond motifs is 2. The summed E-state index contributed by atoms with van der Waals surface area (Å²) in [6, 6.07) is 11.7. The lowest BCUT2D eigenvalue weighted by molar-refractivity contribution is -0.138. The summed E-state index contributed by atoms with van der Waals surface area (Å²) in [5, 5.41) is 13.1. The predicted octanol–water partition coefficient (Wildman–Crippen LogP) is 5.76. The van der Waals surface area contributed by atoms with Gasteiger partial charge in [-0.2, -0.15) is 0 Å². The van der Waals surface area contributed by atoms with E-state index in [9.17, 15) is 14.7 Å². The van der Waals surface area contributed by atoms with Crippen LogP contribution in [0.5, 0.6) is 0 Å². The molecule has 0 saturated heterocycles. The molecule has 2 aliphatic rings. The highest BCUT2D eigenvalue weighted by atomic mass is 79.9. The van der Waals surface area contributed by atoms with Crippen molar-refractivity contribution in [3.8, 4) is 0 Å². The maximum atomic E-state index is 13.7. The van der Waals surface area contributed by atoms with Crippen LogP contribution in [0, 0.1) is 0 Å². The van der Waals surface area contributed by atoms with Crippen molar-refractivity contribution in [1.82, 2.24) is 14.5 Å². The van der Waals surface area contributed by atoms with Crippen molar-refractivity contribution in [3.05, 3.63) is 80.7 Å². The number of carboxylic acid groups (broad SMARTS) is 1. The normalized spacial score (nSPS) is 16.0. The molecule has 2 N–H and O–H groups in total. The highest BCUT2D eigenvalue weighted by Crippen LogP contribution is 2.34. The number of pyridine rings is 1. The molecule has 4 heterocycles. The van der Waals surface area contributed by atoms with Crippen LogP contribution in [0.2, 0.25) is 0 Å². The first-order valence-corrected chi connectivity index (χ1v) is 14.1. The predicted molar refractivity (Wildman–Crippen MR) is 152 cm³/mol. The van der Waals surface area contributed by atoms with Crippen molar-refractivity contribution >= 4 is 33.6 Å². The van der Waals surface area contributed by atoms with Crippen LogP contribution in [0.3, 0.4) is 0 Å². The van der Waals surface area contributed by atoms with Crippen LogP contribution in [0.4, 0.5) is 5.82 Å². The zero-order chi connectivity index (χ0) is 27.0. The maximum absolute atomic E-state index is 13.7. The Kier molecular flexibility index (Phi) is 7.36. The Balaban J connectivity index is 1.36. The van der Waals surface area contributed by atoms with Gasteiger partial charge in [0.05, 0.1) is 12.5 Å². The number of carbonyl (C=O) groups excluding carboxylic acids is 1. The first-order valence-electron chi connectivity index (χ1n) is 13.3. The van der Waals surface area contributed by atoms with Crippen molar-refractivity contribution in [2.45, 2.75) is 70.9 Å². The molecule has 1 aromatic carbocycles. The summed E-state index contributed by atoms with van der Waals surface area (Å²) >= 11 is 3.60. The number of hydrogen-bond donors (Lipinski definition) is 2. The van der Waals surface area contributed by atoms with E-state index in [1.165, 1.54) is 5.56 Å². The maximum Gasteiger partial charge on any atom is 0.305 e. The third kappa shape index (κ3) is 5.65. The van der Waals surface area contributed by atoms with Gasteiger partial charge in [0.15, 0.2) is 0 Å². The molecule has 2 aromatic heterocycles. The van der Waals surface area contributed by atoms with Crippen LogP contribution in [0.25, 0.3) is 0 Å². The lowest BCUT2D eigenvalue weighted by atomic mass is 9.85. The monoisotopic (exact) mass is 578 g/mol. The molecular formula is C30H35BrN4O3. The average molecular weight is 580 g/mol. The molecule has 0 radical (unpaired) electrons. The number of aliphatic carboxylic acids is 1. The minimum Gasteiger partial charge on any atom is -0.481 e. The minimum absolute atomic E-state index is 0.106. The summed E-state index contributed by atoms with van der Waals surface area (Å²) in [4.78, 5) is 32.1. The highest BCUT2D eigenvalue weighted by molar-refractivity contribution is 9.10. The smallest absolute Gasteiger partial charge is 0.305 e. The number of halogens is 1. The molecule has 7 nitrogen and oxygen atoms in total. The molecule has 0 spiro atoms. The summed E-state index contributed by atoms with van der Waals surface area (Å²) in [5.74, 6) is -0.0432. The van der Waals surface area contributed by atoms with Crippen molar-refractivity contribution in [1.29, 1.82) is 0 Å². The topological polar surface area (TPSA) is 87.5 Å². The summed E-state index contributed by atoms with van der Waals surface area (Å²) in [7, 11) is 0. The van der Waals surface area contributed by atoms with Crippen molar-refractivity contribution in [3.63, 3.8) is 0 Å². The fourth-order valence-corrected chi connectivity index (χ4v) is 5.94. The number of hydrogen-bond acceptors (Lipinski definition) is 4. The second-order valence-corrected chi connectivity index (χ2v) is 12.3. The molecule has 38 heavy (non-hydrogen) atoms. The van der Waals surface area contributed by atoms with E-state index in [2.05, 4.69) is 66.4 Å². The van der Waals surface area contributed by atoms with E-state index < -0.39 is 12.0 Å². The summed E-state index contributed by atoms with van der Waals surface area (Å²) in [6.45, 7) is 8.45. The first kappa shape index (κ1) is 26.5. The van der Waals surface area contributed by atoms with Crippen LogP contribution >= 0.6 is 15.9 Å². The van der Waals surface area contributed by atoms with Gasteiger partial charge in [0.2, 0.25) is 0 Å². The zero-order valence-corrected chi connectivity index (χ0v) is 23.8. The SMILES string of the molecule is CC(C)(C)c1cc(Br)cc([C@H](CC(=O)O)N2CCn3cc(CCc4ccc5c(n4)NCCC5)cc3C2=O)c1. The largest absolute Gasteiger partial charge is 0.481 e. The first-order chi connectivity index (χ1) is 18.1. The Morgan fingerprint density at radius 3 is 2.74 bits per heavy atom. The Morgan fingerprint density at radius 2 is 1.97 bits per heavy atom. The number of nitrogens with one attached hydrogen (secondary N) is 1. The number of carboxylic acids is 1. The van der Waals surface area contributed by atoms with Gasteiger partial charge in [-0.25, -0.2) is 4.98 Å². The number of aryl methyl sites for hydroxylation is 3. The Hall–Kier alpha value is -3.13. The van der Waals surface area contributed by atoms with Gasteiger partial charge >= 0.3 is 5.97 Å². The van der Waals surface area contributed by atoms with Crippen molar-refractivity contribution in [2.24, 2.45) is 0 Å². The van der Waals surface area contributed by atoms with E-state index in [1.54, 1.807) is 4.90 Å². The van der Waals surface area contributed by atoms with Gasteiger partial charge in [-0.15, -0.1) is 0 Å². The molecule has 8 heteroatoms. The van der Waals surface area contributed by atoms with Gasteiger partial charge in [-0.1, -0.05) is 48.8 Å². The Labute approximate surface area is 232 Å². The fourth-order valence-electron chi connectivity index (χ4n) is 5.42. The van der Waals surface area contributed by atoms with Gasteiger partial charge in [0.1, 0.15) is 11.5 Å². The zero-order valence-electron chi connectivity index (χ0n) is 22.3. The van der Waals surface area contributed by atoms with E-state index in [0.717, 1.165) is 64.9 Å². The molecule has 5 rings (SSSR count). The van der Waals surface area contributed by atoms with Gasteiger partial charge in [-0.3, -0.25) is 9.59 Å². The molecule has 1 atom stereocenters. The lowest BCUT2D eigenvalue weighted by Gasteiger charge is -2.35. The summed E-state index contributed by atoms with van der Waals surface area (Å²) in [5.41, 5.74) is 5.86. The summed E-state index contributed by atoms with van der Waals surface area (Å²) in [6.07, 6.45) is 5.72. The molecule has 0 saturated carbocycles. The number of nitrogens with zero attached hydrogens (tertiary/aromatic N) is 3. The number of aromatic nitrogens is 2. The quantitative estimate of drug-likeness (QED) is 0.372. The van der Waals surface area contributed by atoms with Gasteiger partial charge < -0.3 is 19.9 Å². The average Bonchev–Trinajstić information content (AvgIpc) is 3.29. The van der Waals surface area contributed by atoms with E-state index in [0.29, 0.717) is 18.8 Å². The van der Waals surface area contributed by atoms with Crippen LogP contribution < -0.4 is 5.32 Å². The van der Waals surface area contributed by atoms with Crippen LogP contribution in [-0.2, 0) is 36.0 Å². The number of carbonyl (C=O) groups is 2.